The molecular formula is C16H25NO. The average molecular weight is 247 g/mol. The van der Waals surface area contributed by atoms with Gasteiger partial charge in [0.05, 0.1) is 6.61 Å². The van der Waals surface area contributed by atoms with E-state index in [1.54, 1.807) is 0 Å². The van der Waals surface area contributed by atoms with E-state index in [9.17, 15) is 0 Å². The monoisotopic (exact) mass is 247 g/mol. The molecule has 2 nitrogen and oxygen atoms in total. The highest BCUT2D eigenvalue weighted by atomic mass is 16.5. The molecule has 1 aromatic rings. The fourth-order valence-electron chi connectivity index (χ4n) is 3.01. The van der Waals surface area contributed by atoms with Crippen molar-refractivity contribution in [2.24, 2.45) is 11.7 Å². The predicted molar refractivity (Wildman–Crippen MR) is 76.0 cm³/mol. The van der Waals surface area contributed by atoms with Crippen molar-refractivity contribution in [1.29, 1.82) is 0 Å². The molecule has 0 saturated heterocycles. The summed E-state index contributed by atoms with van der Waals surface area (Å²) in [7, 11) is 0. The Balaban J connectivity index is 2.08. The Morgan fingerprint density at radius 1 is 1.17 bits per heavy atom. The van der Waals surface area contributed by atoms with Gasteiger partial charge in [-0.25, -0.2) is 0 Å². The highest BCUT2D eigenvalue weighted by Crippen LogP contribution is 2.37. The SMILES string of the molecule is CCOc1ccc(C2CC(CC)CCC2N)cc1. The van der Waals surface area contributed by atoms with Crippen molar-refractivity contribution in [3.05, 3.63) is 29.8 Å². The number of rotatable bonds is 4. The van der Waals surface area contributed by atoms with Gasteiger partial charge in [-0.15, -0.1) is 0 Å². The van der Waals surface area contributed by atoms with Crippen molar-refractivity contribution >= 4 is 0 Å². The summed E-state index contributed by atoms with van der Waals surface area (Å²) in [6.45, 7) is 5.02. The van der Waals surface area contributed by atoms with E-state index >= 15 is 0 Å². The molecule has 0 amide bonds. The van der Waals surface area contributed by atoms with E-state index in [4.69, 9.17) is 10.5 Å². The van der Waals surface area contributed by atoms with Crippen LogP contribution in [-0.4, -0.2) is 12.6 Å². The summed E-state index contributed by atoms with van der Waals surface area (Å²) >= 11 is 0. The van der Waals surface area contributed by atoms with Crippen molar-refractivity contribution in [3.8, 4) is 5.75 Å². The van der Waals surface area contributed by atoms with Crippen molar-refractivity contribution < 1.29 is 4.74 Å². The largest absolute Gasteiger partial charge is 0.494 e. The lowest BCUT2D eigenvalue weighted by Gasteiger charge is -2.34. The quantitative estimate of drug-likeness (QED) is 0.880. The van der Waals surface area contributed by atoms with Crippen molar-refractivity contribution in [2.45, 2.75) is 51.5 Å². The molecule has 0 radical (unpaired) electrons. The van der Waals surface area contributed by atoms with Crippen LogP contribution in [0.5, 0.6) is 5.75 Å². The second-order valence-corrected chi connectivity index (χ2v) is 5.36. The second kappa shape index (κ2) is 6.24. The first kappa shape index (κ1) is 13.4. The summed E-state index contributed by atoms with van der Waals surface area (Å²) in [6.07, 6.45) is 4.98. The maximum atomic E-state index is 6.29. The maximum Gasteiger partial charge on any atom is 0.119 e. The van der Waals surface area contributed by atoms with E-state index in [-0.39, 0.29) is 0 Å². The number of nitrogens with two attached hydrogens (primary N) is 1. The van der Waals surface area contributed by atoms with Gasteiger partial charge in [-0.2, -0.15) is 0 Å². The molecule has 1 aromatic carbocycles. The van der Waals surface area contributed by atoms with Crippen LogP contribution in [0.25, 0.3) is 0 Å². The normalized spacial score (nSPS) is 28.1. The van der Waals surface area contributed by atoms with Crippen LogP contribution in [0.4, 0.5) is 0 Å². The summed E-state index contributed by atoms with van der Waals surface area (Å²) in [5.74, 6) is 2.33. The number of hydrogen-bond donors (Lipinski definition) is 1. The Kier molecular flexibility index (Phi) is 4.65. The molecule has 1 fully saturated rings. The summed E-state index contributed by atoms with van der Waals surface area (Å²) in [5.41, 5.74) is 7.67. The minimum atomic E-state index is 0.325. The Labute approximate surface area is 111 Å². The molecule has 0 spiro atoms. The number of hydrogen-bond acceptors (Lipinski definition) is 2. The van der Waals surface area contributed by atoms with Crippen LogP contribution in [-0.2, 0) is 0 Å². The first-order valence-corrected chi connectivity index (χ1v) is 7.22. The van der Waals surface area contributed by atoms with Crippen LogP contribution in [0.3, 0.4) is 0 Å². The Hall–Kier alpha value is -1.02. The molecule has 1 aliphatic carbocycles. The van der Waals surface area contributed by atoms with Gasteiger partial charge in [0.2, 0.25) is 0 Å². The average Bonchev–Trinajstić information content (AvgIpc) is 2.41. The summed E-state index contributed by atoms with van der Waals surface area (Å²) in [4.78, 5) is 0. The molecule has 0 heterocycles. The zero-order valence-corrected chi connectivity index (χ0v) is 11.6. The molecule has 2 rings (SSSR count). The van der Waals surface area contributed by atoms with E-state index in [1.165, 1.54) is 24.8 Å². The molecule has 3 atom stereocenters. The van der Waals surface area contributed by atoms with Gasteiger partial charge in [-0.3, -0.25) is 0 Å². The van der Waals surface area contributed by atoms with E-state index in [1.807, 2.05) is 6.92 Å². The van der Waals surface area contributed by atoms with Crippen LogP contribution in [0.1, 0.15) is 51.0 Å². The van der Waals surface area contributed by atoms with E-state index in [0.29, 0.717) is 12.0 Å². The van der Waals surface area contributed by atoms with E-state index in [0.717, 1.165) is 24.7 Å². The van der Waals surface area contributed by atoms with E-state index in [2.05, 4.69) is 31.2 Å². The molecule has 0 aliphatic heterocycles. The van der Waals surface area contributed by atoms with Gasteiger partial charge in [-0.1, -0.05) is 25.5 Å². The van der Waals surface area contributed by atoms with Gasteiger partial charge < -0.3 is 10.5 Å². The minimum Gasteiger partial charge on any atom is -0.494 e. The van der Waals surface area contributed by atoms with Gasteiger partial charge >= 0.3 is 0 Å². The lowest BCUT2D eigenvalue weighted by molar-refractivity contribution is 0.282. The van der Waals surface area contributed by atoms with Gasteiger partial charge in [0.25, 0.3) is 0 Å². The number of ether oxygens (including phenoxy) is 1. The summed E-state index contributed by atoms with van der Waals surface area (Å²) < 4.78 is 5.49. The van der Waals surface area contributed by atoms with Crippen molar-refractivity contribution in [1.82, 2.24) is 0 Å². The molecule has 18 heavy (non-hydrogen) atoms. The summed E-state index contributed by atoms with van der Waals surface area (Å²) in [5, 5.41) is 0. The molecule has 0 bridgehead atoms. The molecule has 2 heteroatoms. The first-order valence-electron chi connectivity index (χ1n) is 7.22. The third kappa shape index (κ3) is 3.05. The van der Waals surface area contributed by atoms with Gasteiger partial charge in [-0.05, 0) is 55.7 Å². The zero-order chi connectivity index (χ0) is 13.0. The lowest BCUT2D eigenvalue weighted by atomic mass is 9.74. The topological polar surface area (TPSA) is 35.2 Å². The third-order valence-corrected chi connectivity index (χ3v) is 4.21. The van der Waals surface area contributed by atoms with Crippen LogP contribution in [0.2, 0.25) is 0 Å². The number of benzene rings is 1. The highest BCUT2D eigenvalue weighted by molar-refractivity contribution is 5.30. The Morgan fingerprint density at radius 3 is 2.50 bits per heavy atom. The third-order valence-electron chi connectivity index (χ3n) is 4.21. The lowest BCUT2D eigenvalue weighted by Crippen LogP contribution is -2.34. The van der Waals surface area contributed by atoms with Gasteiger partial charge in [0, 0.05) is 6.04 Å². The van der Waals surface area contributed by atoms with Crippen LogP contribution >= 0.6 is 0 Å². The van der Waals surface area contributed by atoms with Gasteiger partial charge in [0.1, 0.15) is 5.75 Å². The minimum absolute atomic E-state index is 0.325. The molecule has 100 valence electrons. The zero-order valence-electron chi connectivity index (χ0n) is 11.6. The molecule has 1 saturated carbocycles. The second-order valence-electron chi connectivity index (χ2n) is 5.36. The Morgan fingerprint density at radius 2 is 1.89 bits per heavy atom. The molecule has 1 aliphatic rings. The predicted octanol–water partition coefficient (Wildman–Crippen LogP) is 3.71. The first-order chi connectivity index (χ1) is 8.74. The van der Waals surface area contributed by atoms with Crippen molar-refractivity contribution in [3.63, 3.8) is 0 Å². The molecule has 0 aromatic heterocycles. The standard InChI is InChI=1S/C16H25NO/c1-3-12-5-10-16(17)15(11-12)13-6-8-14(9-7-13)18-4-2/h6-9,12,15-16H,3-5,10-11,17H2,1-2H3. The van der Waals surface area contributed by atoms with Crippen LogP contribution in [0, 0.1) is 5.92 Å². The molecular weight excluding hydrogens is 222 g/mol. The maximum absolute atomic E-state index is 6.29. The molecule has 2 N–H and O–H groups in total. The van der Waals surface area contributed by atoms with Crippen LogP contribution < -0.4 is 10.5 Å². The fourth-order valence-corrected chi connectivity index (χ4v) is 3.01. The smallest absolute Gasteiger partial charge is 0.119 e. The van der Waals surface area contributed by atoms with Crippen molar-refractivity contribution in [2.75, 3.05) is 6.61 Å². The highest BCUT2D eigenvalue weighted by Gasteiger charge is 2.28. The van der Waals surface area contributed by atoms with E-state index < -0.39 is 0 Å². The summed E-state index contributed by atoms with van der Waals surface area (Å²) in [6, 6.07) is 8.84. The van der Waals surface area contributed by atoms with Crippen LogP contribution in [0.15, 0.2) is 24.3 Å². The Bertz CT molecular complexity index is 360. The van der Waals surface area contributed by atoms with Gasteiger partial charge in [0.15, 0.2) is 0 Å². The molecule has 3 unspecified atom stereocenters. The fraction of sp³-hybridized carbons (Fsp3) is 0.625.